The maximum atomic E-state index is 12.1. The third kappa shape index (κ3) is 3.17. The zero-order chi connectivity index (χ0) is 12.9. The van der Waals surface area contributed by atoms with Gasteiger partial charge in [0.25, 0.3) is 0 Å². The summed E-state index contributed by atoms with van der Waals surface area (Å²) in [4.78, 5) is 0. The third-order valence-electron chi connectivity index (χ3n) is 2.86. The largest absolute Gasteiger partial charge is 0.380 e. The van der Waals surface area contributed by atoms with E-state index in [4.69, 9.17) is 9.05 Å². The van der Waals surface area contributed by atoms with Crippen molar-refractivity contribution in [3.63, 3.8) is 0 Å². The number of rotatable bonds is 6. The highest BCUT2D eigenvalue weighted by atomic mass is 31.2. The summed E-state index contributed by atoms with van der Waals surface area (Å²) < 4.78 is 21.8. The average molecular weight is 258 g/mol. The molecule has 0 bridgehead atoms. The van der Waals surface area contributed by atoms with E-state index in [1.165, 1.54) is 14.2 Å². The molecule has 2 atom stereocenters. The lowest BCUT2D eigenvalue weighted by molar-refractivity contribution is 0.152. The molecule has 17 heavy (non-hydrogen) atoms. The van der Waals surface area contributed by atoms with Crippen molar-refractivity contribution >= 4 is 7.60 Å². The van der Waals surface area contributed by atoms with Gasteiger partial charge in [-0.3, -0.25) is 4.57 Å². The molecule has 0 amide bonds. The first kappa shape index (κ1) is 14.4. The van der Waals surface area contributed by atoms with E-state index >= 15 is 0 Å². The predicted octanol–water partition coefficient (Wildman–Crippen LogP) is 2.98. The molecule has 1 N–H and O–H groups in total. The van der Waals surface area contributed by atoms with Crippen molar-refractivity contribution in [2.24, 2.45) is 0 Å². The van der Waals surface area contributed by atoms with Gasteiger partial charge in [-0.2, -0.15) is 0 Å². The summed E-state index contributed by atoms with van der Waals surface area (Å²) in [7, 11) is -0.889. The Labute approximate surface area is 102 Å². The Morgan fingerprint density at radius 3 is 2.18 bits per heavy atom. The minimum atomic E-state index is -3.45. The standard InChI is InChI=1S/C12H19O4P/c1-4-11(10-8-6-5-7-9-10)12(13)17(14,15-2)16-3/h5-9,11-13H,4H2,1-3H3. The van der Waals surface area contributed by atoms with E-state index < -0.39 is 13.4 Å². The van der Waals surface area contributed by atoms with Gasteiger partial charge in [0.2, 0.25) is 0 Å². The SMILES string of the molecule is CCC(c1ccccc1)C(O)P(=O)(OC)OC. The van der Waals surface area contributed by atoms with Crippen molar-refractivity contribution in [2.45, 2.75) is 25.1 Å². The van der Waals surface area contributed by atoms with E-state index in [9.17, 15) is 9.67 Å². The van der Waals surface area contributed by atoms with Crippen LogP contribution in [-0.4, -0.2) is 25.2 Å². The fourth-order valence-electron chi connectivity index (χ4n) is 1.83. The Morgan fingerprint density at radius 2 is 1.76 bits per heavy atom. The van der Waals surface area contributed by atoms with Gasteiger partial charge in [-0.25, -0.2) is 0 Å². The van der Waals surface area contributed by atoms with Crippen LogP contribution in [0.25, 0.3) is 0 Å². The lowest BCUT2D eigenvalue weighted by Gasteiger charge is -2.26. The van der Waals surface area contributed by atoms with Gasteiger partial charge in [0.1, 0.15) is 0 Å². The Balaban J connectivity index is 3.00. The third-order valence-corrected chi connectivity index (χ3v) is 4.89. The summed E-state index contributed by atoms with van der Waals surface area (Å²) in [6.45, 7) is 1.93. The molecule has 0 saturated carbocycles. The van der Waals surface area contributed by atoms with Crippen molar-refractivity contribution < 1.29 is 18.7 Å². The van der Waals surface area contributed by atoms with Gasteiger partial charge in [-0.1, -0.05) is 37.3 Å². The summed E-state index contributed by atoms with van der Waals surface area (Å²) in [5.74, 6) is -1.41. The summed E-state index contributed by atoms with van der Waals surface area (Å²) >= 11 is 0. The molecule has 5 heteroatoms. The summed E-state index contributed by atoms with van der Waals surface area (Å²) in [6.07, 6.45) is 0.655. The van der Waals surface area contributed by atoms with Crippen LogP contribution in [-0.2, 0) is 13.6 Å². The molecule has 96 valence electrons. The van der Waals surface area contributed by atoms with E-state index in [1.54, 1.807) is 0 Å². The predicted molar refractivity (Wildman–Crippen MR) is 67.1 cm³/mol. The maximum Gasteiger partial charge on any atom is 0.358 e. The Kier molecular flexibility index (Phi) is 5.34. The van der Waals surface area contributed by atoms with Gasteiger partial charge in [0.05, 0.1) is 0 Å². The van der Waals surface area contributed by atoms with Crippen LogP contribution in [0.2, 0.25) is 0 Å². The van der Waals surface area contributed by atoms with Crippen molar-refractivity contribution in [1.29, 1.82) is 0 Å². The number of hydrogen-bond acceptors (Lipinski definition) is 4. The second-order valence-electron chi connectivity index (χ2n) is 3.74. The monoisotopic (exact) mass is 258 g/mol. The number of benzene rings is 1. The van der Waals surface area contributed by atoms with Crippen LogP contribution in [0.5, 0.6) is 0 Å². The highest BCUT2D eigenvalue weighted by Crippen LogP contribution is 2.55. The fourth-order valence-corrected chi connectivity index (χ4v) is 3.23. The topological polar surface area (TPSA) is 55.8 Å². The molecule has 0 saturated heterocycles. The number of aliphatic hydroxyl groups is 1. The molecule has 4 nitrogen and oxygen atoms in total. The van der Waals surface area contributed by atoms with Crippen molar-refractivity contribution in [3.8, 4) is 0 Å². The fraction of sp³-hybridized carbons (Fsp3) is 0.500. The van der Waals surface area contributed by atoms with Crippen LogP contribution < -0.4 is 0 Å². The highest BCUT2D eigenvalue weighted by Gasteiger charge is 2.38. The Morgan fingerprint density at radius 1 is 1.24 bits per heavy atom. The van der Waals surface area contributed by atoms with Gasteiger partial charge >= 0.3 is 7.60 Å². The lowest BCUT2D eigenvalue weighted by Crippen LogP contribution is -2.20. The maximum absolute atomic E-state index is 12.1. The van der Waals surface area contributed by atoms with Crippen LogP contribution in [0.3, 0.4) is 0 Å². The molecule has 1 aromatic carbocycles. The van der Waals surface area contributed by atoms with Gasteiger partial charge in [-0.15, -0.1) is 0 Å². The molecule has 0 aliphatic rings. The number of aliphatic hydroxyl groups excluding tert-OH is 1. The number of hydrogen-bond donors (Lipinski definition) is 1. The summed E-state index contributed by atoms with van der Waals surface area (Å²) in [6, 6.07) is 9.46. The summed E-state index contributed by atoms with van der Waals surface area (Å²) in [5, 5.41) is 10.2. The second-order valence-corrected chi connectivity index (χ2v) is 6.08. The molecular weight excluding hydrogens is 239 g/mol. The normalized spacial score (nSPS) is 15.5. The summed E-state index contributed by atoms with van der Waals surface area (Å²) in [5.41, 5.74) is 0.928. The van der Waals surface area contributed by atoms with E-state index in [-0.39, 0.29) is 5.92 Å². The van der Waals surface area contributed by atoms with Gasteiger partial charge in [0.15, 0.2) is 5.85 Å². The minimum absolute atomic E-state index is 0.262. The van der Waals surface area contributed by atoms with Crippen molar-refractivity contribution in [3.05, 3.63) is 35.9 Å². The molecule has 2 unspecified atom stereocenters. The Bertz CT molecular complexity index is 371. The molecule has 1 aromatic rings. The minimum Gasteiger partial charge on any atom is -0.380 e. The van der Waals surface area contributed by atoms with Gasteiger partial charge < -0.3 is 14.2 Å². The van der Waals surface area contributed by atoms with E-state index in [0.29, 0.717) is 6.42 Å². The molecule has 0 fully saturated rings. The second kappa shape index (κ2) is 6.31. The molecule has 0 aromatic heterocycles. The molecule has 0 radical (unpaired) electrons. The van der Waals surface area contributed by atoms with E-state index in [2.05, 4.69) is 0 Å². The first-order valence-electron chi connectivity index (χ1n) is 5.53. The zero-order valence-electron chi connectivity index (χ0n) is 10.4. The first-order valence-corrected chi connectivity index (χ1v) is 7.14. The van der Waals surface area contributed by atoms with Gasteiger partial charge in [-0.05, 0) is 12.0 Å². The Hall–Kier alpha value is -0.670. The van der Waals surface area contributed by atoms with Crippen LogP contribution in [0, 0.1) is 0 Å². The first-order chi connectivity index (χ1) is 8.09. The lowest BCUT2D eigenvalue weighted by atomic mass is 9.97. The molecule has 0 spiro atoms. The molecule has 0 aliphatic carbocycles. The van der Waals surface area contributed by atoms with Crippen LogP contribution >= 0.6 is 7.60 Å². The smallest absolute Gasteiger partial charge is 0.358 e. The van der Waals surface area contributed by atoms with Crippen molar-refractivity contribution in [1.82, 2.24) is 0 Å². The van der Waals surface area contributed by atoms with Crippen LogP contribution in [0.1, 0.15) is 24.8 Å². The van der Waals surface area contributed by atoms with Gasteiger partial charge in [0, 0.05) is 20.1 Å². The van der Waals surface area contributed by atoms with Crippen molar-refractivity contribution in [2.75, 3.05) is 14.2 Å². The van der Waals surface area contributed by atoms with Crippen LogP contribution in [0.15, 0.2) is 30.3 Å². The van der Waals surface area contributed by atoms with E-state index in [0.717, 1.165) is 5.56 Å². The zero-order valence-corrected chi connectivity index (χ0v) is 11.3. The molecule has 1 rings (SSSR count). The highest BCUT2D eigenvalue weighted by molar-refractivity contribution is 7.54. The quantitative estimate of drug-likeness (QED) is 0.797. The molecule has 0 heterocycles. The van der Waals surface area contributed by atoms with E-state index in [1.807, 2.05) is 37.3 Å². The van der Waals surface area contributed by atoms with Crippen LogP contribution in [0.4, 0.5) is 0 Å². The molecule has 0 aliphatic heterocycles. The average Bonchev–Trinajstić information content (AvgIpc) is 2.39. The molecular formula is C12H19O4P.